The van der Waals surface area contributed by atoms with E-state index in [0.29, 0.717) is 22.9 Å². The molecule has 1 fully saturated rings. The van der Waals surface area contributed by atoms with Crippen LogP contribution in [0.3, 0.4) is 0 Å². The van der Waals surface area contributed by atoms with Gasteiger partial charge in [-0.05, 0) is 71.2 Å². The number of carbonyl (C=O) groups is 2. The maximum atomic E-state index is 13.5. The average molecular weight is 420 g/mol. The van der Waals surface area contributed by atoms with Crippen molar-refractivity contribution in [2.75, 3.05) is 10.6 Å². The van der Waals surface area contributed by atoms with Crippen molar-refractivity contribution in [2.24, 2.45) is 0 Å². The molecule has 0 atom stereocenters. The van der Waals surface area contributed by atoms with Crippen molar-refractivity contribution in [3.63, 3.8) is 0 Å². The molecule has 0 saturated heterocycles. The van der Waals surface area contributed by atoms with Crippen LogP contribution in [0.15, 0.2) is 24.3 Å². The van der Waals surface area contributed by atoms with Gasteiger partial charge in [-0.15, -0.1) is 0 Å². The molecule has 1 aliphatic carbocycles. The highest BCUT2D eigenvalue weighted by Crippen LogP contribution is 2.41. The number of nitrogens with zero attached hydrogens (tertiary/aromatic N) is 3. The van der Waals surface area contributed by atoms with Gasteiger partial charge in [0.05, 0.1) is 33.6 Å². The Bertz CT molecular complexity index is 1200. The van der Waals surface area contributed by atoms with Crippen LogP contribution in [0.5, 0.6) is 0 Å². The van der Waals surface area contributed by atoms with Gasteiger partial charge in [-0.1, -0.05) is 6.07 Å². The predicted octanol–water partition coefficient (Wildman–Crippen LogP) is 4.89. The van der Waals surface area contributed by atoms with Gasteiger partial charge in [0, 0.05) is 18.5 Å². The van der Waals surface area contributed by atoms with Gasteiger partial charge in [0.1, 0.15) is 0 Å². The molecule has 0 aliphatic heterocycles. The fourth-order valence-electron chi connectivity index (χ4n) is 3.79. The van der Waals surface area contributed by atoms with Gasteiger partial charge >= 0.3 is 0 Å². The summed E-state index contributed by atoms with van der Waals surface area (Å²) in [6.07, 6.45) is 2.18. The molecule has 3 aromatic rings. The van der Waals surface area contributed by atoms with Crippen LogP contribution < -0.4 is 10.6 Å². The molecule has 2 heterocycles. The molecule has 0 spiro atoms. The molecular weight excluding hydrogens is 390 g/mol. The van der Waals surface area contributed by atoms with E-state index in [1.54, 1.807) is 6.07 Å². The summed E-state index contributed by atoms with van der Waals surface area (Å²) in [4.78, 5) is 30.0. The minimum absolute atomic E-state index is 0.191. The van der Waals surface area contributed by atoms with Gasteiger partial charge in [0.25, 0.3) is 5.91 Å². The van der Waals surface area contributed by atoms with Crippen LogP contribution in [0.1, 0.15) is 73.8 Å². The number of anilines is 2. The lowest BCUT2D eigenvalue weighted by Crippen LogP contribution is -2.24. The molecule has 31 heavy (non-hydrogen) atoms. The van der Waals surface area contributed by atoms with E-state index in [9.17, 15) is 9.59 Å². The minimum atomic E-state index is -0.259. The molecular formula is C24H29N5O2. The van der Waals surface area contributed by atoms with Crippen molar-refractivity contribution < 1.29 is 9.59 Å². The van der Waals surface area contributed by atoms with Crippen LogP contribution in [-0.2, 0) is 10.3 Å². The fourth-order valence-corrected chi connectivity index (χ4v) is 3.79. The third-order valence-electron chi connectivity index (χ3n) is 5.44. The summed E-state index contributed by atoms with van der Waals surface area (Å²) >= 11 is 0. The maximum Gasteiger partial charge on any atom is 0.256 e. The number of pyridine rings is 1. The highest BCUT2D eigenvalue weighted by molar-refractivity contribution is 6.14. The Morgan fingerprint density at radius 2 is 1.77 bits per heavy atom. The zero-order chi connectivity index (χ0) is 22.5. The van der Waals surface area contributed by atoms with E-state index >= 15 is 0 Å². The van der Waals surface area contributed by atoms with E-state index in [0.717, 1.165) is 40.8 Å². The molecule has 2 aromatic heterocycles. The number of hydrogen-bond acceptors (Lipinski definition) is 4. The van der Waals surface area contributed by atoms with E-state index in [2.05, 4.69) is 31.4 Å². The molecule has 2 N–H and O–H groups in total. The number of benzene rings is 1. The van der Waals surface area contributed by atoms with Crippen LogP contribution in [0, 0.1) is 13.8 Å². The number of rotatable bonds is 4. The molecule has 0 bridgehead atoms. The second kappa shape index (κ2) is 7.48. The first-order valence-electron chi connectivity index (χ1n) is 10.6. The molecule has 2 amide bonds. The van der Waals surface area contributed by atoms with Crippen molar-refractivity contribution in [3.8, 4) is 0 Å². The number of fused-ring (bicyclic) bond motifs is 1. The van der Waals surface area contributed by atoms with Crippen LogP contribution in [0.4, 0.5) is 11.4 Å². The number of hydrogen-bond donors (Lipinski definition) is 2. The molecule has 7 nitrogen and oxygen atoms in total. The van der Waals surface area contributed by atoms with Gasteiger partial charge in [-0.2, -0.15) is 5.10 Å². The number of aryl methyl sites for hydroxylation is 2. The van der Waals surface area contributed by atoms with E-state index in [4.69, 9.17) is 10.1 Å². The smallest absolute Gasteiger partial charge is 0.256 e. The Labute approximate surface area is 182 Å². The molecule has 0 unspecified atom stereocenters. The number of carbonyl (C=O) groups excluding carboxylic acids is 2. The van der Waals surface area contributed by atoms with E-state index in [1.165, 1.54) is 6.92 Å². The summed E-state index contributed by atoms with van der Waals surface area (Å²) in [5, 5.41) is 11.3. The van der Waals surface area contributed by atoms with Gasteiger partial charge < -0.3 is 10.6 Å². The summed E-state index contributed by atoms with van der Waals surface area (Å²) in [5.74, 6) is -0.0273. The summed E-state index contributed by atoms with van der Waals surface area (Å²) in [7, 11) is 0. The Kier molecular flexibility index (Phi) is 5.07. The monoisotopic (exact) mass is 419 g/mol. The maximum absolute atomic E-state index is 13.5. The third-order valence-corrected chi connectivity index (χ3v) is 5.44. The Morgan fingerprint density at radius 3 is 2.39 bits per heavy atom. The number of amides is 2. The van der Waals surface area contributed by atoms with Crippen LogP contribution in [-0.4, -0.2) is 26.6 Å². The van der Waals surface area contributed by atoms with Crippen molar-refractivity contribution in [2.45, 2.75) is 65.8 Å². The molecule has 1 aromatic carbocycles. The van der Waals surface area contributed by atoms with Gasteiger partial charge in [-0.25, -0.2) is 9.67 Å². The summed E-state index contributed by atoms with van der Waals surface area (Å²) in [6, 6.07) is 7.46. The Balaban J connectivity index is 1.83. The standard InChI is InChI=1S/C24H29N5O2/c1-13-7-10-18(25-15(3)30)20(11-13)27-23(31)17-12-19(16-8-9-16)26-22-21(17)14(2)28-29(22)24(4,5)6/h7,10-12,16H,8-9H2,1-6H3,(H,25,30)(H,27,31). The first-order chi connectivity index (χ1) is 14.5. The number of aromatic nitrogens is 3. The average Bonchev–Trinajstić information content (AvgIpc) is 3.46. The van der Waals surface area contributed by atoms with Crippen LogP contribution in [0.25, 0.3) is 11.0 Å². The summed E-state index contributed by atoms with van der Waals surface area (Å²) < 4.78 is 1.91. The third kappa shape index (κ3) is 4.17. The molecule has 7 heteroatoms. The largest absolute Gasteiger partial charge is 0.325 e. The van der Waals surface area contributed by atoms with E-state index in [-0.39, 0.29) is 17.4 Å². The topological polar surface area (TPSA) is 88.9 Å². The molecule has 4 rings (SSSR count). The van der Waals surface area contributed by atoms with Gasteiger partial charge in [0.2, 0.25) is 5.91 Å². The van der Waals surface area contributed by atoms with E-state index < -0.39 is 0 Å². The quantitative estimate of drug-likeness (QED) is 0.630. The lowest BCUT2D eigenvalue weighted by atomic mass is 10.1. The van der Waals surface area contributed by atoms with Crippen molar-refractivity contribution in [1.29, 1.82) is 0 Å². The Hall–Kier alpha value is -3.22. The molecule has 162 valence electrons. The Morgan fingerprint density at radius 1 is 1.06 bits per heavy atom. The highest BCUT2D eigenvalue weighted by Gasteiger charge is 2.30. The predicted molar refractivity (Wildman–Crippen MR) is 123 cm³/mol. The number of nitrogens with one attached hydrogen (secondary N) is 2. The van der Waals surface area contributed by atoms with Crippen molar-refractivity contribution >= 4 is 34.2 Å². The fraction of sp³-hybridized carbons (Fsp3) is 0.417. The summed E-state index contributed by atoms with van der Waals surface area (Å²) in [5.41, 5.74) is 4.89. The first kappa shape index (κ1) is 21.0. The lowest BCUT2D eigenvalue weighted by molar-refractivity contribution is -0.114. The SMILES string of the molecule is CC(=O)Nc1ccc(C)cc1NC(=O)c1cc(C2CC2)nc2c1c(C)nn2C(C)(C)C. The zero-order valence-electron chi connectivity index (χ0n) is 19.0. The summed E-state index contributed by atoms with van der Waals surface area (Å²) in [6.45, 7) is 11.5. The molecule has 0 radical (unpaired) electrons. The van der Waals surface area contributed by atoms with Gasteiger partial charge in [-0.3, -0.25) is 9.59 Å². The molecule has 1 aliphatic rings. The highest BCUT2D eigenvalue weighted by atomic mass is 16.2. The zero-order valence-corrected chi connectivity index (χ0v) is 19.0. The van der Waals surface area contributed by atoms with Crippen LogP contribution in [0.2, 0.25) is 0 Å². The normalized spacial score (nSPS) is 14.0. The van der Waals surface area contributed by atoms with Gasteiger partial charge in [0.15, 0.2) is 5.65 Å². The van der Waals surface area contributed by atoms with Crippen LogP contribution >= 0.6 is 0 Å². The minimum Gasteiger partial charge on any atom is -0.325 e. The van der Waals surface area contributed by atoms with E-state index in [1.807, 2.05) is 36.7 Å². The second-order valence-corrected chi connectivity index (χ2v) is 9.42. The van der Waals surface area contributed by atoms with Crippen molar-refractivity contribution in [1.82, 2.24) is 14.8 Å². The lowest BCUT2D eigenvalue weighted by Gasteiger charge is -2.20. The second-order valence-electron chi connectivity index (χ2n) is 9.42. The molecule has 1 saturated carbocycles. The first-order valence-corrected chi connectivity index (χ1v) is 10.6. The van der Waals surface area contributed by atoms with Crippen molar-refractivity contribution in [3.05, 3.63) is 46.8 Å².